The lowest BCUT2D eigenvalue weighted by molar-refractivity contribution is 0.0767. The van der Waals surface area contributed by atoms with E-state index in [-0.39, 0.29) is 5.91 Å². The van der Waals surface area contributed by atoms with Crippen molar-refractivity contribution in [2.24, 2.45) is 0 Å². The van der Waals surface area contributed by atoms with Crippen molar-refractivity contribution in [2.75, 3.05) is 37.7 Å². The zero-order valence-corrected chi connectivity index (χ0v) is 18.7. The lowest BCUT2D eigenvalue weighted by Gasteiger charge is -2.28. The molecule has 1 aliphatic heterocycles. The molecule has 0 atom stereocenters. The van der Waals surface area contributed by atoms with Gasteiger partial charge in [0.2, 0.25) is 0 Å². The van der Waals surface area contributed by atoms with Crippen LogP contribution in [0, 0.1) is 11.3 Å². The molecule has 4 rings (SSSR count). The Morgan fingerprint density at radius 2 is 1.88 bits per heavy atom. The van der Waals surface area contributed by atoms with E-state index in [1.165, 1.54) is 0 Å². The molecule has 1 fully saturated rings. The number of carbonyl (C=O) groups is 1. The van der Waals surface area contributed by atoms with Crippen molar-refractivity contribution in [3.8, 4) is 17.2 Å². The van der Waals surface area contributed by atoms with E-state index in [9.17, 15) is 4.79 Å². The molecule has 1 aromatic heterocycles. The fourth-order valence-corrected chi connectivity index (χ4v) is 4.95. The van der Waals surface area contributed by atoms with Gasteiger partial charge in [0.25, 0.3) is 5.91 Å². The summed E-state index contributed by atoms with van der Waals surface area (Å²) in [5.41, 5.74) is 3.77. The normalized spacial score (nSPS) is 13.4. The smallest absolute Gasteiger partial charge is 0.264 e. The Morgan fingerprint density at radius 3 is 2.53 bits per heavy atom. The molecule has 0 spiro atoms. The monoisotopic (exact) mass is 443 g/mol. The topological polar surface area (TPSA) is 56.6 Å². The molecule has 1 saturated heterocycles. The van der Waals surface area contributed by atoms with Gasteiger partial charge in [0, 0.05) is 31.7 Å². The van der Waals surface area contributed by atoms with Crippen LogP contribution in [0.3, 0.4) is 0 Å². The Balaban J connectivity index is 1.65. The minimum Gasteiger partial charge on any atom is -0.378 e. The van der Waals surface area contributed by atoms with Crippen molar-refractivity contribution in [1.82, 2.24) is 4.90 Å². The van der Waals surface area contributed by atoms with Gasteiger partial charge in [0.15, 0.2) is 0 Å². The third-order valence-corrected chi connectivity index (χ3v) is 6.58. The minimum atomic E-state index is -0.0176. The summed E-state index contributed by atoms with van der Waals surface area (Å²) in [6.07, 6.45) is 1.75. The van der Waals surface area contributed by atoms with E-state index in [2.05, 4.69) is 29.7 Å². The van der Waals surface area contributed by atoms with Gasteiger partial charge in [-0.1, -0.05) is 48.5 Å². The van der Waals surface area contributed by atoms with Crippen LogP contribution in [0.1, 0.15) is 20.8 Å². The van der Waals surface area contributed by atoms with Crippen LogP contribution in [0.4, 0.5) is 5.00 Å². The number of thiophene rings is 1. The molecule has 3 aromatic rings. The van der Waals surface area contributed by atoms with Gasteiger partial charge in [0.05, 0.1) is 34.7 Å². The number of nitrogens with zero attached hydrogens (tertiary/aromatic N) is 3. The highest BCUT2D eigenvalue weighted by Crippen LogP contribution is 2.40. The fraction of sp³-hybridized carbons (Fsp3) is 0.231. The molecule has 5 nitrogen and oxygen atoms in total. The molecule has 1 amide bonds. The van der Waals surface area contributed by atoms with Crippen molar-refractivity contribution in [1.29, 1.82) is 5.26 Å². The van der Waals surface area contributed by atoms with E-state index in [0.717, 1.165) is 34.8 Å². The maximum absolute atomic E-state index is 13.5. The molecule has 2 aromatic carbocycles. The van der Waals surface area contributed by atoms with Crippen LogP contribution in [0.5, 0.6) is 0 Å². The molecular formula is C26H25N3O2S. The van der Waals surface area contributed by atoms with Crippen LogP contribution in [0.2, 0.25) is 0 Å². The molecule has 0 aliphatic carbocycles. The second-order valence-electron chi connectivity index (χ2n) is 7.58. The Bertz CT molecular complexity index is 1110. The van der Waals surface area contributed by atoms with E-state index < -0.39 is 0 Å². The maximum Gasteiger partial charge on any atom is 0.264 e. The molecule has 1 aliphatic rings. The highest BCUT2D eigenvalue weighted by atomic mass is 32.1. The second kappa shape index (κ2) is 10.3. The first-order chi connectivity index (χ1) is 15.7. The SMILES string of the molecule is C=CCN(Cc1ccc(C#N)cc1)C(=O)c1cc(-c2ccccc2)c(N2CCOCC2)s1. The quantitative estimate of drug-likeness (QED) is 0.485. The summed E-state index contributed by atoms with van der Waals surface area (Å²) in [7, 11) is 0. The summed E-state index contributed by atoms with van der Waals surface area (Å²) < 4.78 is 5.53. The standard InChI is InChI=1S/C26H25N3O2S/c1-2-12-29(19-21-10-8-20(18-27)9-11-21)25(30)24-17-23(22-6-4-3-5-7-22)26(32-24)28-13-15-31-16-14-28/h2-11,17H,1,12-16,19H2. The number of morpholine rings is 1. The van der Waals surface area contributed by atoms with Crippen LogP contribution in [-0.4, -0.2) is 43.7 Å². The van der Waals surface area contributed by atoms with Crippen LogP contribution in [-0.2, 0) is 11.3 Å². The summed E-state index contributed by atoms with van der Waals surface area (Å²) in [6, 6.07) is 21.7. The van der Waals surface area contributed by atoms with Crippen molar-refractivity contribution in [3.05, 3.63) is 89.3 Å². The van der Waals surface area contributed by atoms with Crippen molar-refractivity contribution >= 4 is 22.2 Å². The van der Waals surface area contributed by atoms with Gasteiger partial charge in [-0.3, -0.25) is 4.79 Å². The molecule has 32 heavy (non-hydrogen) atoms. The van der Waals surface area contributed by atoms with Crippen molar-refractivity contribution in [2.45, 2.75) is 6.54 Å². The largest absolute Gasteiger partial charge is 0.378 e. The van der Waals surface area contributed by atoms with Crippen LogP contribution >= 0.6 is 11.3 Å². The maximum atomic E-state index is 13.5. The predicted molar refractivity (Wildman–Crippen MR) is 129 cm³/mol. The molecule has 0 N–H and O–H groups in total. The van der Waals surface area contributed by atoms with E-state index in [1.807, 2.05) is 36.4 Å². The Morgan fingerprint density at radius 1 is 1.16 bits per heavy atom. The Labute approximate surface area is 192 Å². The summed E-state index contributed by atoms with van der Waals surface area (Å²) in [5.74, 6) is -0.0176. The van der Waals surface area contributed by atoms with Crippen LogP contribution in [0.25, 0.3) is 11.1 Å². The van der Waals surface area contributed by atoms with Crippen LogP contribution in [0.15, 0.2) is 73.3 Å². The zero-order chi connectivity index (χ0) is 22.3. The second-order valence-corrected chi connectivity index (χ2v) is 8.61. The van der Waals surface area contributed by atoms with Gasteiger partial charge in [-0.15, -0.1) is 17.9 Å². The number of hydrogen-bond acceptors (Lipinski definition) is 5. The molecule has 0 unspecified atom stereocenters. The predicted octanol–water partition coefficient (Wildman–Crippen LogP) is 4.95. The van der Waals surface area contributed by atoms with E-state index in [0.29, 0.717) is 36.7 Å². The Hall–Kier alpha value is -3.40. The number of rotatable bonds is 7. The third-order valence-electron chi connectivity index (χ3n) is 5.40. The third kappa shape index (κ3) is 4.91. The molecule has 2 heterocycles. The lowest BCUT2D eigenvalue weighted by atomic mass is 10.1. The molecule has 0 saturated carbocycles. The fourth-order valence-electron chi connectivity index (χ4n) is 3.75. The van der Waals surface area contributed by atoms with Gasteiger partial charge in [0.1, 0.15) is 0 Å². The van der Waals surface area contributed by atoms with Gasteiger partial charge in [-0.25, -0.2) is 0 Å². The lowest BCUT2D eigenvalue weighted by Crippen LogP contribution is -2.35. The minimum absolute atomic E-state index is 0.0176. The van der Waals surface area contributed by atoms with Crippen LogP contribution < -0.4 is 4.90 Å². The number of benzene rings is 2. The number of nitriles is 1. The highest BCUT2D eigenvalue weighted by molar-refractivity contribution is 7.18. The summed E-state index contributed by atoms with van der Waals surface area (Å²) in [5, 5.41) is 10.1. The summed E-state index contributed by atoms with van der Waals surface area (Å²) in [4.78, 5) is 18.3. The first kappa shape index (κ1) is 21.8. The summed E-state index contributed by atoms with van der Waals surface area (Å²) >= 11 is 1.54. The molecular weight excluding hydrogens is 418 g/mol. The van der Waals surface area contributed by atoms with Gasteiger partial charge >= 0.3 is 0 Å². The van der Waals surface area contributed by atoms with E-state index in [4.69, 9.17) is 10.00 Å². The van der Waals surface area contributed by atoms with E-state index in [1.54, 1.807) is 34.4 Å². The molecule has 0 bridgehead atoms. The summed E-state index contributed by atoms with van der Waals surface area (Å²) in [6.45, 7) is 7.76. The molecule has 6 heteroatoms. The average molecular weight is 444 g/mol. The van der Waals surface area contributed by atoms with Crippen molar-refractivity contribution in [3.63, 3.8) is 0 Å². The van der Waals surface area contributed by atoms with Crippen molar-refractivity contribution < 1.29 is 9.53 Å². The highest BCUT2D eigenvalue weighted by Gasteiger charge is 2.24. The molecule has 0 radical (unpaired) electrons. The van der Waals surface area contributed by atoms with Gasteiger partial charge in [-0.2, -0.15) is 5.26 Å². The Kier molecular flexibility index (Phi) is 7.00. The average Bonchev–Trinajstić information content (AvgIpc) is 3.30. The van der Waals surface area contributed by atoms with Gasteiger partial charge in [-0.05, 0) is 29.3 Å². The number of hydrogen-bond donors (Lipinski definition) is 0. The number of amides is 1. The first-order valence-electron chi connectivity index (χ1n) is 10.6. The zero-order valence-electron chi connectivity index (χ0n) is 17.9. The molecule has 162 valence electrons. The van der Waals surface area contributed by atoms with E-state index >= 15 is 0 Å². The number of anilines is 1. The number of ether oxygens (including phenoxy) is 1. The number of carbonyl (C=O) groups excluding carboxylic acids is 1. The van der Waals surface area contributed by atoms with Gasteiger partial charge < -0.3 is 14.5 Å². The first-order valence-corrected chi connectivity index (χ1v) is 11.4.